The Balaban J connectivity index is 1.53. The topological polar surface area (TPSA) is 179 Å². The summed E-state index contributed by atoms with van der Waals surface area (Å²) in [5, 5.41) is 18.6. The van der Waals surface area contributed by atoms with E-state index < -0.39 is 10.0 Å². The molecule has 1 fully saturated rings. The zero-order valence-electron chi connectivity index (χ0n) is 19.0. The molecule has 1 aliphatic carbocycles. The average Bonchev–Trinajstić information content (AvgIpc) is 3.67. The molecule has 5 rings (SSSR count). The van der Waals surface area contributed by atoms with Crippen molar-refractivity contribution in [2.45, 2.75) is 41.2 Å². The summed E-state index contributed by atoms with van der Waals surface area (Å²) in [5.41, 5.74) is 2.12. The molecular formula is C22H21IN8O4S. The molecule has 0 amide bonds. The van der Waals surface area contributed by atoms with Gasteiger partial charge in [0.25, 0.3) is 5.56 Å². The van der Waals surface area contributed by atoms with Crippen LogP contribution in [0.25, 0.3) is 22.6 Å². The highest BCUT2D eigenvalue weighted by Gasteiger charge is 2.31. The first-order valence-electron chi connectivity index (χ1n) is 11.0. The van der Waals surface area contributed by atoms with Crippen molar-refractivity contribution in [1.82, 2.24) is 29.5 Å². The highest BCUT2D eigenvalue weighted by molar-refractivity contribution is 14.1. The van der Waals surface area contributed by atoms with Gasteiger partial charge in [-0.05, 0) is 37.5 Å². The van der Waals surface area contributed by atoms with Crippen molar-refractivity contribution in [2.75, 3.05) is 5.32 Å². The van der Waals surface area contributed by atoms with E-state index in [0.29, 0.717) is 22.4 Å². The van der Waals surface area contributed by atoms with E-state index in [1.165, 1.54) is 29.2 Å². The largest absolute Gasteiger partial charge is 0.493 e. The predicted octanol–water partition coefficient (Wildman–Crippen LogP) is 2.44. The number of primary sulfonamides is 1. The minimum Gasteiger partial charge on any atom is -0.493 e. The summed E-state index contributed by atoms with van der Waals surface area (Å²) in [6, 6.07) is 6.02. The van der Waals surface area contributed by atoms with Gasteiger partial charge in [-0.3, -0.25) is 9.36 Å². The lowest BCUT2D eigenvalue weighted by molar-refractivity contribution is 0.452. The molecule has 4 N–H and O–H groups in total. The lowest BCUT2D eigenvalue weighted by atomic mass is 10.1. The molecule has 1 saturated carbocycles. The van der Waals surface area contributed by atoms with Crippen molar-refractivity contribution in [3.8, 4) is 17.3 Å². The number of sulfonamides is 1. The maximum absolute atomic E-state index is 13.3. The first-order valence-corrected chi connectivity index (χ1v) is 13.8. The van der Waals surface area contributed by atoms with Crippen molar-refractivity contribution in [2.24, 2.45) is 5.14 Å². The van der Waals surface area contributed by atoms with Crippen molar-refractivity contribution < 1.29 is 13.5 Å². The van der Waals surface area contributed by atoms with Crippen LogP contribution in [0.3, 0.4) is 0 Å². The lowest BCUT2D eigenvalue weighted by Crippen LogP contribution is -2.27. The summed E-state index contributed by atoms with van der Waals surface area (Å²) in [4.78, 5) is 35.0. The quantitative estimate of drug-likeness (QED) is 0.205. The number of hydrogen-bond donors (Lipinski definition) is 3. The number of nitrogens with zero attached hydrogens (tertiary/aromatic N) is 6. The van der Waals surface area contributed by atoms with E-state index in [1.54, 1.807) is 12.1 Å². The van der Waals surface area contributed by atoms with Gasteiger partial charge in [0.1, 0.15) is 17.4 Å². The van der Waals surface area contributed by atoms with Gasteiger partial charge in [-0.25, -0.2) is 38.5 Å². The van der Waals surface area contributed by atoms with Crippen molar-refractivity contribution in [3.05, 3.63) is 58.4 Å². The number of nitrogens with two attached hydrogens (primary N) is 1. The van der Waals surface area contributed by atoms with Crippen LogP contribution in [0.4, 0.5) is 5.82 Å². The molecule has 0 aliphatic heterocycles. The van der Waals surface area contributed by atoms with Gasteiger partial charge < -0.3 is 10.4 Å². The van der Waals surface area contributed by atoms with Gasteiger partial charge in [-0.1, -0.05) is 34.7 Å². The fourth-order valence-corrected chi connectivity index (χ4v) is 4.85. The van der Waals surface area contributed by atoms with Gasteiger partial charge in [-0.2, -0.15) is 0 Å². The van der Waals surface area contributed by atoms with Crippen LogP contribution >= 0.6 is 22.6 Å². The van der Waals surface area contributed by atoms with Crippen LogP contribution in [0.2, 0.25) is 0 Å². The summed E-state index contributed by atoms with van der Waals surface area (Å²) >= 11 is 2.11. The average molecular weight is 620 g/mol. The number of hydrogen-bond acceptors (Lipinski definition) is 10. The second-order valence-electron chi connectivity index (χ2n) is 8.39. The third-order valence-electron chi connectivity index (χ3n) is 5.74. The zero-order chi connectivity index (χ0) is 25.6. The Hall–Kier alpha value is -3.24. The number of halogens is 1. The van der Waals surface area contributed by atoms with Crippen LogP contribution in [-0.4, -0.2) is 43.0 Å². The summed E-state index contributed by atoms with van der Waals surface area (Å²) in [7, 11) is -3.79. The molecule has 1 atom stereocenters. The summed E-state index contributed by atoms with van der Waals surface area (Å²) in [6.45, 7) is 2.07. The number of aromatic hydroxyl groups is 1. The van der Waals surface area contributed by atoms with Crippen LogP contribution in [0.1, 0.15) is 41.0 Å². The number of fused-ring (bicyclic) bond motifs is 1. The van der Waals surface area contributed by atoms with E-state index in [-0.39, 0.29) is 44.5 Å². The van der Waals surface area contributed by atoms with E-state index in [0.717, 1.165) is 18.4 Å². The standard InChI is InChI=1S/C22H21IN8O4S/c1-11(23)31-20-15(9-26-18(30-20)16-17(13-4-5-13)27-10-28-21(16)32)29-19(22(31)33)25-8-12-2-6-14(7-3-12)36(24,34)35/h2-3,6-7,9-11,13H,4-5,8H2,1H3,(H,25,29)(H2,24,34,35)(H,27,28,32)/t11-/m1/s1. The van der Waals surface area contributed by atoms with Gasteiger partial charge in [0, 0.05) is 12.5 Å². The summed E-state index contributed by atoms with van der Waals surface area (Å²) in [5.74, 6) is 0.345. The van der Waals surface area contributed by atoms with E-state index >= 15 is 0 Å². The molecule has 1 aliphatic rings. The maximum Gasteiger partial charge on any atom is 0.295 e. The van der Waals surface area contributed by atoms with Gasteiger partial charge in [0.05, 0.1) is 20.8 Å². The molecule has 14 heteroatoms. The monoisotopic (exact) mass is 620 g/mol. The second-order valence-corrected chi connectivity index (χ2v) is 11.8. The Morgan fingerprint density at radius 2 is 1.92 bits per heavy atom. The van der Waals surface area contributed by atoms with Crippen LogP contribution in [0.15, 0.2) is 46.5 Å². The highest BCUT2D eigenvalue weighted by atomic mass is 127. The third kappa shape index (κ3) is 4.75. The number of rotatable bonds is 7. The number of benzene rings is 1. The molecule has 0 bridgehead atoms. The third-order valence-corrected chi connectivity index (χ3v) is 7.23. The Kier molecular flexibility index (Phi) is 6.34. The lowest BCUT2D eigenvalue weighted by Gasteiger charge is -2.15. The smallest absolute Gasteiger partial charge is 0.295 e. The van der Waals surface area contributed by atoms with Gasteiger partial charge in [-0.15, -0.1) is 0 Å². The Labute approximate surface area is 219 Å². The number of nitrogens with one attached hydrogen (secondary N) is 1. The predicted molar refractivity (Wildman–Crippen MR) is 140 cm³/mol. The molecule has 36 heavy (non-hydrogen) atoms. The molecule has 0 radical (unpaired) electrons. The summed E-state index contributed by atoms with van der Waals surface area (Å²) in [6.07, 6.45) is 4.75. The van der Waals surface area contributed by atoms with Crippen molar-refractivity contribution in [1.29, 1.82) is 0 Å². The van der Waals surface area contributed by atoms with E-state index in [1.807, 2.05) is 6.92 Å². The molecule has 186 valence electrons. The molecule has 4 aromatic rings. The fraction of sp³-hybridized carbons (Fsp3) is 0.273. The molecule has 0 saturated heterocycles. The first kappa shape index (κ1) is 24.5. The summed E-state index contributed by atoms with van der Waals surface area (Å²) < 4.78 is 24.1. The zero-order valence-corrected chi connectivity index (χ0v) is 21.9. The van der Waals surface area contributed by atoms with E-state index in [9.17, 15) is 18.3 Å². The molecule has 0 spiro atoms. The molecular weight excluding hydrogens is 599 g/mol. The Morgan fingerprint density at radius 1 is 1.19 bits per heavy atom. The minimum atomic E-state index is -3.79. The van der Waals surface area contributed by atoms with Crippen LogP contribution in [-0.2, 0) is 16.6 Å². The Morgan fingerprint density at radius 3 is 2.56 bits per heavy atom. The van der Waals surface area contributed by atoms with Crippen molar-refractivity contribution >= 4 is 49.6 Å². The molecule has 3 heterocycles. The SMILES string of the molecule is C[C@H](I)n1c(=O)c(NCc2ccc(S(N)(=O)=O)cc2)nc2cnc(-c3c(O)ncnc3C3CC3)nc21. The van der Waals surface area contributed by atoms with Gasteiger partial charge in [0.2, 0.25) is 15.9 Å². The first-order chi connectivity index (χ1) is 17.1. The fourth-order valence-electron chi connectivity index (χ4n) is 3.82. The second kappa shape index (κ2) is 9.33. The van der Waals surface area contributed by atoms with Crippen LogP contribution in [0, 0.1) is 0 Å². The van der Waals surface area contributed by atoms with Crippen LogP contribution < -0.4 is 16.0 Å². The maximum atomic E-state index is 13.3. The van der Waals surface area contributed by atoms with Crippen LogP contribution in [0.5, 0.6) is 5.88 Å². The van der Waals surface area contributed by atoms with Gasteiger partial charge in [0.15, 0.2) is 17.3 Å². The molecule has 12 nitrogen and oxygen atoms in total. The molecule has 0 unspecified atom stereocenters. The minimum absolute atomic E-state index is 0.00354. The normalized spacial score (nSPS) is 14.6. The van der Waals surface area contributed by atoms with Crippen molar-refractivity contribution in [3.63, 3.8) is 0 Å². The molecule has 3 aromatic heterocycles. The number of anilines is 1. The number of aromatic nitrogens is 6. The van der Waals surface area contributed by atoms with E-state index in [2.05, 4.69) is 52.8 Å². The number of alkyl halides is 1. The highest BCUT2D eigenvalue weighted by Crippen LogP contribution is 2.44. The Bertz CT molecular complexity index is 1640. The van der Waals surface area contributed by atoms with Gasteiger partial charge >= 0.3 is 0 Å². The van der Waals surface area contributed by atoms with E-state index in [4.69, 9.17) is 5.14 Å². The molecule has 1 aromatic carbocycles.